The Labute approximate surface area is 259 Å². The van der Waals surface area contributed by atoms with Crippen LogP contribution in [0.3, 0.4) is 0 Å². The monoisotopic (exact) mass is 590 g/mol. The van der Waals surface area contributed by atoms with Crippen LogP contribution in [0.2, 0.25) is 0 Å². The molecule has 0 radical (unpaired) electrons. The van der Waals surface area contributed by atoms with E-state index in [1.165, 1.54) is 25.9 Å². The van der Waals surface area contributed by atoms with E-state index in [1.54, 1.807) is 11.8 Å². The Morgan fingerprint density at radius 3 is 2.57 bits per heavy atom. The molecule has 2 aliphatic heterocycles. The van der Waals surface area contributed by atoms with Crippen LogP contribution in [0, 0.1) is 12.8 Å². The Morgan fingerprint density at radius 1 is 1.02 bits per heavy atom. The molecule has 0 saturated carbocycles. The summed E-state index contributed by atoms with van der Waals surface area (Å²) < 4.78 is 0. The summed E-state index contributed by atoms with van der Waals surface area (Å²) >= 11 is 0. The molecule has 0 aliphatic carbocycles. The largest absolute Gasteiger partial charge is 0.354 e. The molecule has 1 saturated heterocycles. The second kappa shape index (κ2) is 12.0. The highest BCUT2D eigenvalue weighted by Gasteiger charge is 2.37. The van der Waals surface area contributed by atoms with Crippen molar-refractivity contribution < 1.29 is 9.59 Å². The topological polar surface area (TPSA) is 90.5 Å². The third-order valence-corrected chi connectivity index (χ3v) is 9.30. The van der Waals surface area contributed by atoms with E-state index in [9.17, 15) is 9.59 Å². The number of carbonyl (C=O) groups excluding carboxylic acids is 2. The average molecular weight is 591 g/mol. The van der Waals surface area contributed by atoms with Gasteiger partial charge in [-0.1, -0.05) is 39.0 Å². The van der Waals surface area contributed by atoms with Gasteiger partial charge in [0.1, 0.15) is 0 Å². The normalized spacial score (nSPS) is 16.6. The molecule has 2 amide bonds. The number of fused-ring (bicyclic) bond motifs is 2. The number of piperidine rings is 1. The number of rotatable bonds is 7. The summed E-state index contributed by atoms with van der Waals surface area (Å²) in [5, 5.41) is 7.45. The number of amides is 2. The zero-order valence-electron chi connectivity index (χ0n) is 26.4. The quantitative estimate of drug-likeness (QED) is 0.251. The maximum Gasteiger partial charge on any atom is 0.255 e. The van der Waals surface area contributed by atoms with Crippen LogP contribution in [-0.2, 0) is 10.2 Å². The van der Waals surface area contributed by atoms with Crippen molar-refractivity contribution in [2.75, 3.05) is 48.3 Å². The molecule has 3 aromatic carbocycles. The highest BCUT2D eigenvalue weighted by Crippen LogP contribution is 2.42. The summed E-state index contributed by atoms with van der Waals surface area (Å²) in [6.45, 7) is 15.1. The van der Waals surface area contributed by atoms with Crippen molar-refractivity contribution in [1.82, 2.24) is 14.9 Å². The molecule has 0 spiro atoms. The van der Waals surface area contributed by atoms with E-state index >= 15 is 0 Å². The van der Waals surface area contributed by atoms with Crippen molar-refractivity contribution in [2.24, 2.45) is 5.92 Å². The number of benzene rings is 3. The number of carbonyl (C=O) groups is 2. The fourth-order valence-corrected chi connectivity index (χ4v) is 6.56. The lowest BCUT2D eigenvalue weighted by Crippen LogP contribution is -2.35. The molecule has 44 heavy (non-hydrogen) atoms. The smallest absolute Gasteiger partial charge is 0.255 e. The Bertz CT molecular complexity index is 1720. The van der Waals surface area contributed by atoms with Gasteiger partial charge in [0.25, 0.3) is 5.91 Å². The van der Waals surface area contributed by atoms with E-state index in [1.807, 2.05) is 55.6 Å². The summed E-state index contributed by atoms with van der Waals surface area (Å²) in [4.78, 5) is 39.3. The Kier molecular flexibility index (Phi) is 8.12. The summed E-state index contributed by atoms with van der Waals surface area (Å²) in [5.41, 5.74) is 7.02. The van der Waals surface area contributed by atoms with Gasteiger partial charge < -0.3 is 20.4 Å². The van der Waals surface area contributed by atoms with E-state index in [2.05, 4.69) is 53.4 Å². The molecule has 0 unspecified atom stereocenters. The number of aromatic nitrogens is 2. The maximum absolute atomic E-state index is 13.4. The van der Waals surface area contributed by atoms with E-state index in [0.29, 0.717) is 29.7 Å². The van der Waals surface area contributed by atoms with E-state index in [4.69, 9.17) is 4.98 Å². The van der Waals surface area contributed by atoms with E-state index in [-0.39, 0.29) is 17.2 Å². The Balaban J connectivity index is 1.17. The minimum Gasteiger partial charge on any atom is -0.354 e. The van der Waals surface area contributed by atoms with Gasteiger partial charge in [0.05, 0.1) is 5.52 Å². The summed E-state index contributed by atoms with van der Waals surface area (Å²) in [6.07, 6.45) is 4.29. The van der Waals surface area contributed by atoms with Crippen molar-refractivity contribution in [3.63, 3.8) is 0 Å². The average Bonchev–Trinajstić information content (AvgIpc) is 3.30. The zero-order valence-corrected chi connectivity index (χ0v) is 26.4. The number of anilines is 3. The fourth-order valence-electron chi connectivity index (χ4n) is 6.56. The number of hydrogen-bond donors (Lipinski definition) is 2. The molecular formula is C36H42N6O2. The van der Waals surface area contributed by atoms with Crippen molar-refractivity contribution >= 4 is 40.0 Å². The highest BCUT2D eigenvalue weighted by atomic mass is 16.2. The lowest BCUT2D eigenvalue weighted by Gasteiger charge is -2.31. The van der Waals surface area contributed by atoms with Crippen LogP contribution in [0.5, 0.6) is 0 Å². The minimum absolute atomic E-state index is 0.000189. The van der Waals surface area contributed by atoms with E-state index in [0.717, 1.165) is 51.9 Å². The van der Waals surface area contributed by atoms with Crippen LogP contribution >= 0.6 is 0 Å². The van der Waals surface area contributed by atoms with Gasteiger partial charge in [-0.25, -0.2) is 9.97 Å². The second-order valence-electron chi connectivity index (χ2n) is 12.9. The highest BCUT2D eigenvalue weighted by molar-refractivity contribution is 6.06. The van der Waals surface area contributed by atoms with Gasteiger partial charge >= 0.3 is 0 Å². The van der Waals surface area contributed by atoms with Crippen LogP contribution < -0.4 is 15.5 Å². The van der Waals surface area contributed by atoms with Gasteiger partial charge in [0.2, 0.25) is 11.9 Å². The first kappa shape index (κ1) is 29.8. The van der Waals surface area contributed by atoms with Crippen LogP contribution in [-0.4, -0.2) is 59.4 Å². The molecule has 1 fully saturated rings. The number of aryl methyl sites for hydroxylation is 1. The molecular weight excluding hydrogens is 548 g/mol. The fraction of sp³-hybridized carbons (Fsp3) is 0.389. The standard InChI is InChI=1S/C36H42N6O2/c1-6-41-15-13-25(14-16-41)20-37-35-38-21-28-17-26(9-12-32(28)40-35)30-18-27(8-7-23(30)2)34(44)39-29-10-11-31-33(19-29)42(24(3)43)22-36(31,4)5/h7-12,17-19,21,25H,6,13-16,20,22H2,1-5H3,(H,39,44)(H,37,38,40). The molecule has 2 aliphatic rings. The molecule has 0 bridgehead atoms. The van der Waals surface area contributed by atoms with E-state index < -0.39 is 0 Å². The van der Waals surface area contributed by atoms with Gasteiger partial charge in [-0.2, -0.15) is 0 Å². The third-order valence-electron chi connectivity index (χ3n) is 9.30. The van der Waals surface area contributed by atoms with Crippen molar-refractivity contribution in [1.29, 1.82) is 0 Å². The second-order valence-corrected chi connectivity index (χ2v) is 12.9. The zero-order chi connectivity index (χ0) is 31.0. The first-order valence-corrected chi connectivity index (χ1v) is 15.7. The number of likely N-dealkylation sites (tertiary alicyclic amines) is 1. The van der Waals surface area contributed by atoms with Gasteiger partial charge in [0.15, 0.2) is 0 Å². The van der Waals surface area contributed by atoms with Crippen LogP contribution in [0.15, 0.2) is 60.8 Å². The first-order valence-electron chi connectivity index (χ1n) is 15.7. The number of hydrogen-bond acceptors (Lipinski definition) is 6. The molecule has 1 aromatic heterocycles. The maximum atomic E-state index is 13.4. The predicted octanol–water partition coefficient (Wildman–Crippen LogP) is 6.65. The van der Waals surface area contributed by atoms with Gasteiger partial charge in [-0.05, 0) is 104 Å². The first-order chi connectivity index (χ1) is 21.1. The van der Waals surface area contributed by atoms with Crippen LogP contribution in [0.1, 0.15) is 62.0 Å². The van der Waals surface area contributed by atoms with Crippen molar-refractivity contribution in [2.45, 2.75) is 52.9 Å². The lowest BCUT2D eigenvalue weighted by molar-refractivity contribution is -0.116. The summed E-state index contributed by atoms with van der Waals surface area (Å²) in [6, 6.07) is 17.8. The lowest BCUT2D eigenvalue weighted by atomic mass is 9.87. The molecule has 228 valence electrons. The molecule has 8 heteroatoms. The van der Waals surface area contributed by atoms with Crippen molar-refractivity contribution in [3.8, 4) is 11.1 Å². The van der Waals surface area contributed by atoms with Crippen molar-refractivity contribution in [3.05, 3.63) is 77.5 Å². The number of nitrogens with one attached hydrogen (secondary N) is 2. The predicted molar refractivity (Wildman–Crippen MR) is 178 cm³/mol. The SMILES string of the molecule is CCN1CCC(CNc2ncc3cc(-c4cc(C(=O)Nc5ccc6c(c5)N(C(C)=O)CC6(C)C)ccc4C)ccc3n2)CC1. The molecule has 2 N–H and O–H groups in total. The van der Waals surface area contributed by atoms with Crippen LogP contribution in [0.4, 0.5) is 17.3 Å². The summed E-state index contributed by atoms with van der Waals surface area (Å²) in [7, 11) is 0. The summed E-state index contributed by atoms with van der Waals surface area (Å²) in [5.74, 6) is 1.12. The van der Waals surface area contributed by atoms with Gasteiger partial charge in [-0.3, -0.25) is 9.59 Å². The van der Waals surface area contributed by atoms with Crippen LogP contribution in [0.25, 0.3) is 22.0 Å². The molecule has 3 heterocycles. The third kappa shape index (κ3) is 6.04. The Morgan fingerprint density at radius 2 is 1.82 bits per heavy atom. The molecule has 8 nitrogen and oxygen atoms in total. The molecule has 0 atom stereocenters. The van der Waals surface area contributed by atoms with Gasteiger partial charge in [-0.15, -0.1) is 0 Å². The number of nitrogens with zero attached hydrogens (tertiary/aromatic N) is 4. The molecule has 6 rings (SSSR count). The van der Waals surface area contributed by atoms with Gasteiger partial charge in [0, 0.05) is 53.9 Å². The molecule has 4 aromatic rings. The Hall–Kier alpha value is -4.30. The minimum atomic E-state index is -0.196.